The van der Waals surface area contributed by atoms with Crippen molar-refractivity contribution in [3.63, 3.8) is 0 Å². The van der Waals surface area contributed by atoms with Crippen LogP contribution in [0.4, 0.5) is 5.69 Å². The number of piperidine rings is 1. The van der Waals surface area contributed by atoms with Gasteiger partial charge in [0.25, 0.3) is 0 Å². The number of amides is 3. The summed E-state index contributed by atoms with van der Waals surface area (Å²) in [5.41, 5.74) is 12.1. The maximum atomic E-state index is 12.9. The second-order valence-electron chi connectivity index (χ2n) is 9.16. The number of carbonyl (C=O) groups is 3. The number of nitrogens with zero attached hydrogens (tertiary/aromatic N) is 2. The molecule has 0 radical (unpaired) electrons. The second-order valence-corrected chi connectivity index (χ2v) is 11.2. The number of rotatable bonds is 9. The van der Waals surface area contributed by atoms with Gasteiger partial charge in [0.1, 0.15) is 5.54 Å². The Morgan fingerprint density at radius 3 is 2.15 bits per heavy atom. The predicted octanol–water partition coefficient (Wildman–Crippen LogP) is -0.0583. The third-order valence-electron chi connectivity index (χ3n) is 6.56. The van der Waals surface area contributed by atoms with Gasteiger partial charge >= 0.3 is 0 Å². The van der Waals surface area contributed by atoms with Gasteiger partial charge in [-0.2, -0.15) is 0 Å². The van der Waals surface area contributed by atoms with Crippen molar-refractivity contribution < 1.29 is 22.8 Å². The number of hydrogen-bond donors (Lipinski definition) is 3. The highest BCUT2D eigenvalue weighted by molar-refractivity contribution is 7.89. The minimum absolute atomic E-state index is 0.0940. The maximum absolute atomic E-state index is 12.9. The van der Waals surface area contributed by atoms with E-state index in [1.54, 1.807) is 26.0 Å². The molecule has 1 aromatic rings. The van der Waals surface area contributed by atoms with Crippen LogP contribution >= 0.6 is 0 Å². The van der Waals surface area contributed by atoms with Crippen molar-refractivity contribution in [3.05, 3.63) is 28.8 Å². The number of aryl methyl sites for hydroxylation is 2. The molecule has 0 spiro atoms. The Labute approximate surface area is 195 Å². The zero-order chi connectivity index (χ0) is 25.2. The monoisotopic (exact) mass is 481 g/mol. The highest BCUT2D eigenvalue weighted by Gasteiger charge is 2.39. The van der Waals surface area contributed by atoms with Gasteiger partial charge in [-0.15, -0.1) is 0 Å². The lowest BCUT2D eigenvalue weighted by Crippen LogP contribution is -2.59. The van der Waals surface area contributed by atoms with E-state index in [1.165, 1.54) is 16.3 Å². The van der Waals surface area contributed by atoms with Crippen LogP contribution in [0.3, 0.4) is 0 Å². The molecule has 0 bridgehead atoms. The Hall–Kier alpha value is -2.50. The summed E-state index contributed by atoms with van der Waals surface area (Å²) in [6, 6.07) is 3.56. The number of likely N-dealkylation sites (N-methyl/N-ethyl adjacent to an activating group) is 1. The standard InChI is InChI=1S/C22H35N5O5S/c1-15-12-17(27(14-28)21(3,4)20(30)25-5)13-16(2)18(15)6-11-33(31,32)26-9-7-22(24,8-10-26)19(23)29/h12-14H,6-11,24H2,1-5H3,(H2,23,29)(H,25,30). The number of nitrogens with two attached hydrogens (primary N) is 2. The van der Waals surface area contributed by atoms with E-state index in [0.717, 1.165) is 16.7 Å². The largest absolute Gasteiger partial charge is 0.368 e. The van der Waals surface area contributed by atoms with Crippen LogP contribution in [0.25, 0.3) is 0 Å². The van der Waals surface area contributed by atoms with Crippen molar-refractivity contribution in [2.45, 2.75) is 58.0 Å². The first-order chi connectivity index (χ1) is 15.2. The molecule has 3 amide bonds. The lowest BCUT2D eigenvalue weighted by Gasteiger charge is -2.36. The van der Waals surface area contributed by atoms with Crippen LogP contribution in [-0.4, -0.2) is 67.9 Å². The van der Waals surface area contributed by atoms with Crippen LogP contribution in [0.15, 0.2) is 12.1 Å². The van der Waals surface area contributed by atoms with Gasteiger partial charge in [-0.25, -0.2) is 12.7 Å². The number of nitrogens with one attached hydrogen (secondary N) is 1. The lowest BCUT2D eigenvalue weighted by atomic mass is 9.89. The van der Waals surface area contributed by atoms with E-state index in [1.807, 2.05) is 13.8 Å². The third kappa shape index (κ3) is 5.53. The summed E-state index contributed by atoms with van der Waals surface area (Å²) in [6.07, 6.45) is 1.29. The number of benzene rings is 1. The van der Waals surface area contributed by atoms with Crippen molar-refractivity contribution in [2.75, 3.05) is 30.8 Å². The van der Waals surface area contributed by atoms with E-state index in [0.29, 0.717) is 18.5 Å². The zero-order valence-corrected chi connectivity index (χ0v) is 20.8. The van der Waals surface area contributed by atoms with Crippen molar-refractivity contribution in [1.82, 2.24) is 9.62 Å². The molecule has 1 heterocycles. The van der Waals surface area contributed by atoms with Gasteiger partial charge in [0.15, 0.2) is 0 Å². The van der Waals surface area contributed by atoms with E-state index < -0.39 is 27.0 Å². The van der Waals surface area contributed by atoms with Crippen LogP contribution in [0, 0.1) is 13.8 Å². The summed E-state index contributed by atoms with van der Waals surface area (Å²) >= 11 is 0. The first kappa shape index (κ1) is 26.7. The highest BCUT2D eigenvalue weighted by Crippen LogP contribution is 2.29. The minimum atomic E-state index is -3.55. The van der Waals surface area contributed by atoms with Gasteiger partial charge in [-0.3, -0.25) is 14.4 Å². The number of primary amides is 1. The van der Waals surface area contributed by atoms with Gasteiger partial charge in [-0.05, 0) is 75.8 Å². The molecule has 5 N–H and O–H groups in total. The van der Waals surface area contributed by atoms with Crippen LogP contribution in [0.2, 0.25) is 0 Å². The van der Waals surface area contributed by atoms with Crippen molar-refractivity contribution in [2.24, 2.45) is 11.5 Å². The van der Waals surface area contributed by atoms with Crippen LogP contribution in [0.5, 0.6) is 0 Å². The summed E-state index contributed by atoms with van der Waals surface area (Å²) < 4.78 is 27.1. The van der Waals surface area contributed by atoms with Crippen molar-refractivity contribution in [1.29, 1.82) is 0 Å². The van der Waals surface area contributed by atoms with E-state index in [4.69, 9.17) is 11.5 Å². The van der Waals surface area contributed by atoms with Gasteiger partial charge in [-0.1, -0.05) is 0 Å². The minimum Gasteiger partial charge on any atom is -0.368 e. The van der Waals surface area contributed by atoms with Gasteiger partial charge in [0, 0.05) is 25.8 Å². The molecule has 11 heteroatoms. The van der Waals surface area contributed by atoms with Gasteiger partial charge < -0.3 is 21.7 Å². The second kappa shape index (κ2) is 9.78. The molecule has 1 aromatic carbocycles. The normalized spacial score (nSPS) is 16.8. The molecule has 0 unspecified atom stereocenters. The Kier molecular flexibility index (Phi) is 7.93. The predicted molar refractivity (Wildman–Crippen MR) is 127 cm³/mol. The molecule has 2 rings (SSSR count). The summed E-state index contributed by atoms with van der Waals surface area (Å²) in [5, 5.41) is 2.57. The summed E-state index contributed by atoms with van der Waals surface area (Å²) in [6.45, 7) is 7.31. The fourth-order valence-corrected chi connectivity index (χ4v) is 5.66. The molecule has 10 nitrogen and oxygen atoms in total. The average molecular weight is 482 g/mol. The molecule has 0 atom stereocenters. The Balaban J connectivity index is 2.19. The van der Waals surface area contributed by atoms with E-state index in [9.17, 15) is 22.8 Å². The number of sulfonamides is 1. The molecule has 1 aliphatic heterocycles. The molecular weight excluding hydrogens is 446 g/mol. The Morgan fingerprint density at radius 2 is 1.73 bits per heavy atom. The summed E-state index contributed by atoms with van der Waals surface area (Å²) in [7, 11) is -2.04. The lowest BCUT2D eigenvalue weighted by molar-refractivity contribution is -0.126. The van der Waals surface area contributed by atoms with Crippen LogP contribution < -0.4 is 21.7 Å². The van der Waals surface area contributed by atoms with E-state index in [-0.39, 0.29) is 37.6 Å². The molecule has 1 aliphatic rings. The molecule has 33 heavy (non-hydrogen) atoms. The molecule has 184 valence electrons. The molecule has 1 saturated heterocycles. The van der Waals surface area contributed by atoms with Crippen LogP contribution in [0.1, 0.15) is 43.4 Å². The Morgan fingerprint density at radius 1 is 1.21 bits per heavy atom. The maximum Gasteiger partial charge on any atom is 0.245 e. The topological polar surface area (TPSA) is 156 Å². The first-order valence-corrected chi connectivity index (χ1v) is 12.4. The van der Waals surface area contributed by atoms with Crippen LogP contribution in [-0.2, 0) is 30.8 Å². The third-order valence-corrected chi connectivity index (χ3v) is 8.43. The summed E-state index contributed by atoms with van der Waals surface area (Å²) in [4.78, 5) is 37.0. The fraction of sp³-hybridized carbons (Fsp3) is 0.591. The average Bonchev–Trinajstić information content (AvgIpc) is 2.73. The summed E-state index contributed by atoms with van der Waals surface area (Å²) in [5.74, 6) is -1.02. The van der Waals surface area contributed by atoms with E-state index >= 15 is 0 Å². The highest BCUT2D eigenvalue weighted by atomic mass is 32.2. The fourth-order valence-electron chi connectivity index (χ4n) is 4.20. The first-order valence-electron chi connectivity index (χ1n) is 10.8. The van der Waals surface area contributed by atoms with Crippen molar-refractivity contribution in [3.8, 4) is 0 Å². The SMILES string of the molecule is CNC(=O)C(C)(C)N(C=O)c1cc(C)c(CCS(=O)(=O)N2CCC(N)(C(N)=O)CC2)c(C)c1. The van der Waals surface area contributed by atoms with E-state index in [2.05, 4.69) is 5.32 Å². The van der Waals surface area contributed by atoms with Gasteiger partial charge in [0.05, 0.1) is 11.3 Å². The van der Waals surface area contributed by atoms with Gasteiger partial charge in [0.2, 0.25) is 28.2 Å². The molecule has 0 saturated carbocycles. The number of anilines is 1. The number of carbonyl (C=O) groups excluding carboxylic acids is 3. The Bertz CT molecular complexity index is 1010. The quantitative estimate of drug-likeness (QED) is 0.420. The molecule has 1 fully saturated rings. The molecular formula is C22H35N5O5S. The molecule has 0 aromatic heterocycles. The number of hydrogen-bond acceptors (Lipinski definition) is 6. The van der Waals surface area contributed by atoms with Crippen molar-refractivity contribution >= 4 is 33.9 Å². The molecule has 0 aliphatic carbocycles. The smallest absolute Gasteiger partial charge is 0.245 e. The zero-order valence-electron chi connectivity index (χ0n) is 20.0.